The van der Waals surface area contributed by atoms with Crippen LogP contribution in [0.3, 0.4) is 0 Å². The zero-order chi connectivity index (χ0) is 16.4. The molecule has 0 spiro atoms. The van der Waals surface area contributed by atoms with Crippen LogP contribution in [-0.2, 0) is 19.4 Å². The van der Waals surface area contributed by atoms with E-state index in [1.54, 1.807) is 6.07 Å². The maximum atomic E-state index is 12.6. The third-order valence-corrected chi connectivity index (χ3v) is 3.68. The van der Waals surface area contributed by atoms with Gasteiger partial charge < -0.3 is 10.6 Å². The first-order valence-electron chi connectivity index (χ1n) is 7.17. The first kappa shape index (κ1) is 18.3. The summed E-state index contributed by atoms with van der Waals surface area (Å²) in [4.78, 5) is 12.4. The molecule has 9 heteroatoms. The largest absolute Gasteiger partial charge is 0.393 e. The number of alkyl halides is 3. The molecule has 0 atom stereocenters. The van der Waals surface area contributed by atoms with E-state index >= 15 is 0 Å². The van der Waals surface area contributed by atoms with Crippen LogP contribution in [0.4, 0.5) is 18.9 Å². The van der Waals surface area contributed by atoms with Gasteiger partial charge in [-0.1, -0.05) is 18.2 Å². The SMILES string of the molecule is Cl.O=C(Nc1ccccc1CC(F)(F)F)c1n[nH]c2c1CNCC2. The van der Waals surface area contributed by atoms with E-state index in [2.05, 4.69) is 20.8 Å². The Bertz CT molecular complexity index is 730. The number of anilines is 1. The Morgan fingerprint density at radius 1 is 1.29 bits per heavy atom. The van der Waals surface area contributed by atoms with Crippen LogP contribution >= 0.6 is 12.4 Å². The van der Waals surface area contributed by atoms with Crippen molar-refractivity contribution < 1.29 is 18.0 Å². The highest BCUT2D eigenvalue weighted by atomic mass is 35.5. The van der Waals surface area contributed by atoms with Crippen LogP contribution in [0.1, 0.15) is 27.3 Å². The van der Waals surface area contributed by atoms with Gasteiger partial charge in [-0.25, -0.2) is 0 Å². The minimum atomic E-state index is -4.34. The molecule has 1 aliphatic rings. The summed E-state index contributed by atoms with van der Waals surface area (Å²) in [7, 11) is 0. The zero-order valence-electron chi connectivity index (χ0n) is 12.5. The second-order valence-electron chi connectivity index (χ2n) is 5.36. The lowest BCUT2D eigenvalue weighted by Crippen LogP contribution is -2.25. The molecule has 0 saturated heterocycles. The molecular weight excluding hydrogens is 345 g/mol. The van der Waals surface area contributed by atoms with Gasteiger partial charge in [-0.15, -0.1) is 12.4 Å². The topological polar surface area (TPSA) is 69.8 Å². The van der Waals surface area contributed by atoms with Gasteiger partial charge in [0.1, 0.15) is 0 Å². The molecule has 130 valence electrons. The average molecular weight is 361 g/mol. The van der Waals surface area contributed by atoms with Crippen LogP contribution < -0.4 is 10.6 Å². The first-order chi connectivity index (χ1) is 10.9. The highest BCUT2D eigenvalue weighted by Crippen LogP contribution is 2.26. The summed E-state index contributed by atoms with van der Waals surface area (Å²) in [6, 6.07) is 5.90. The number of aromatic amines is 1. The lowest BCUT2D eigenvalue weighted by atomic mass is 10.1. The van der Waals surface area contributed by atoms with Crippen molar-refractivity contribution in [2.45, 2.75) is 25.6 Å². The van der Waals surface area contributed by atoms with E-state index in [9.17, 15) is 18.0 Å². The lowest BCUT2D eigenvalue weighted by molar-refractivity contribution is -0.127. The van der Waals surface area contributed by atoms with Gasteiger partial charge in [-0.2, -0.15) is 18.3 Å². The molecule has 2 aromatic rings. The monoisotopic (exact) mass is 360 g/mol. The molecule has 0 radical (unpaired) electrons. The predicted molar refractivity (Wildman–Crippen MR) is 85.4 cm³/mol. The highest BCUT2D eigenvalue weighted by molar-refractivity contribution is 6.04. The van der Waals surface area contributed by atoms with E-state index < -0.39 is 18.5 Å². The Labute approximate surface area is 142 Å². The number of hydrogen-bond donors (Lipinski definition) is 3. The number of benzene rings is 1. The van der Waals surface area contributed by atoms with Gasteiger partial charge in [0.2, 0.25) is 0 Å². The Morgan fingerprint density at radius 3 is 2.79 bits per heavy atom. The van der Waals surface area contributed by atoms with Crippen molar-refractivity contribution in [2.75, 3.05) is 11.9 Å². The van der Waals surface area contributed by atoms with E-state index in [0.29, 0.717) is 6.54 Å². The van der Waals surface area contributed by atoms with Crippen molar-refractivity contribution in [1.29, 1.82) is 0 Å². The number of carbonyl (C=O) groups excluding carboxylic acids is 1. The Kier molecular flexibility index (Phi) is 5.51. The number of H-pyrrole nitrogens is 1. The predicted octanol–water partition coefficient (Wildman–Crippen LogP) is 2.83. The quantitative estimate of drug-likeness (QED) is 0.788. The van der Waals surface area contributed by atoms with Crippen LogP contribution in [0.5, 0.6) is 0 Å². The van der Waals surface area contributed by atoms with Gasteiger partial charge >= 0.3 is 6.18 Å². The average Bonchev–Trinajstić information content (AvgIpc) is 2.92. The third-order valence-electron chi connectivity index (χ3n) is 3.68. The molecule has 0 fully saturated rings. The number of para-hydroxylation sites is 1. The Balaban J connectivity index is 0.00000208. The van der Waals surface area contributed by atoms with E-state index in [4.69, 9.17) is 0 Å². The van der Waals surface area contributed by atoms with Crippen LogP contribution in [0.15, 0.2) is 24.3 Å². The van der Waals surface area contributed by atoms with Crippen LogP contribution in [0.2, 0.25) is 0 Å². The first-order valence-corrected chi connectivity index (χ1v) is 7.17. The second-order valence-corrected chi connectivity index (χ2v) is 5.36. The summed E-state index contributed by atoms with van der Waals surface area (Å²) in [6.07, 6.45) is -4.69. The van der Waals surface area contributed by atoms with E-state index in [0.717, 1.165) is 24.2 Å². The van der Waals surface area contributed by atoms with E-state index in [-0.39, 0.29) is 29.4 Å². The molecule has 1 amide bonds. The molecule has 1 aromatic carbocycles. The number of nitrogens with one attached hydrogen (secondary N) is 3. The number of halogens is 4. The summed E-state index contributed by atoms with van der Waals surface area (Å²) < 4.78 is 37.9. The fourth-order valence-corrected chi connectivity index (χ4v) is 2.61. The summed E-state index contributed by atoms with van der Waals surface area (Å²) in [5.74, 6) is -0.513. The number of rotatable bonds is 3. The number of fused-ring (bicyclic) bond motifs is 1. The maximum absolute atomic E-state index is 12.6. The minimum absolute atomic E-state index is 0. The third kappa shape index (κ3) is 4.07. The molecule has 0 aliphatic carbocycles. The summed E-state index contributed by atoms with van der Waals surface area (Å²) >= 11 is 0. The van der Waals surface area contributed by atoms with Crippen molar-refractivity contribution in [2.24, 2.45) is 0 Å². The lowest BCUT2D eigenvalue weighted by Gasteiger charge is -2.14. The number of nitrogens with zero attached hydrogens (tertiary/aromatic N) is 1. The summed E-state index contributed by atoms with van der Waals surface area (Å²) in [5.41, 5.74) is 2.04. The fraction of sp³-hybridized carbons (Fsp3) is 0.333. The van der Waals surface area contributed by atoms with Gasteiger partial charge in [0.25, 0.3) is 5.91 Å². The maximum Gasteiger partial charge on any atom is 0.393 e. The van der Waals surface area contributed by atoms with Gasteiger partial charge in [0, 0.05) is 36.5 Å². The Morgan fingerprint density at radius 2 is 2.04 bits per heavy atom. The zero-order valence-corrected chi connectivity index (χ0v) is 13.4. The molecule has 1 aromatic heterocycles. The summed E-state index contributed by atoms with van der Waals surface area (Å²) in [5, 5.41) is 12.5. The number of aromatic nitrogens is 2. The van der Waals surface area contributed by atoms with E-state index in [1.165, 1.54) is 18.2 Å². The molecule has 0 bridgehead atoms. The smallest absolute Gasteiger partial charge is 0.320 e. The Hall–Kier alpha value is -2.06. The number of hydrogen-bond acceptors (Lipinski definition) is 3. The fourth-order valence-electron chi connectivity index (χ4n) is 2.61. The molecule has 0 unspecified atom stereocenters. The second kappa shape index (κ2) is 7.23. The van der Waals surface area contributed by atoms with Crippen LogP contribution in [0, 0.1) is 0 Å². The molecule has 3 N–H and O–H groups in total. The van der Waals surface area contributed by atoms with Gasteiger partial charge in [-0.3, -0.25) is 9.89 Å². The molecule has 0 saturated carbocycles. The van der Waals surface area contributed by atoms with Gasteiger partial charge in [-0.05, 0) is 11.6 Å². The van der Waals surface area contributed by atoms with Crippen molar-refractivity contribution in [3.8, 4) is 0 Å². The molecule has 5 nitrogen and oxygen atoms in total. The number of amides is 1. The minimum Gasteiger partial charge on any atom is -0.320 e. The number of carbonyl (C=O) groups is 1. The van der Waals surface area contributed by atoms with Crippen molar-refractivity contribution in [3.63, 3.8) is 0 Å². The van der Waals surface area contributed by atoms with Crippen molar-refractivity contribution in [1.82, 2.24) is 15.5 Å². The highest BCUT2D eigenvalue weighted by Gasteiger charge is 2.29. The summed E-state index contributed by atoms with van der Waals surface area (Å²) in [6.45, 7) is 1.31. The molecule has 1 aliphatic heterocycles. The normalized spacial score (nSPS) is 13.8. The van der Waals surface area contributed by atoms with Crippen LogP contribution in [0.25, 0.3) is 0 Å². The molecular formula is C15H16ClF3N4O. The molecule has 3 rings (SSSR count). The molecule has 24 heavy (non-hydrogen) atoms. The van der Waals surface area contributed by atoms with Crippen LogP contribution in [-0.4, -0.2) is 28.8 Å². The van der Waals surface area contributed by atoms with Gasteiger partial charge in [0.15, 0.2) is 5.69 Å². The molecule has 2 heterocycles. The van der Waals surface area contributed by atoms with Gasteiger partial charge in [0.05, 0.1) is 6.42 Å². The van der Waals surface area contributed by atoms with E-state index in [1.807, 2.05) is 0 Å². The standard InChI is InChI=1S/C15H15F3N4O.ClH/c16-15(17,18)7-9-3-1-2-4-11(9)20-14(23)13-10-8-19-6-5-12(10)21-22-13;/h1-4,19H,5-8H2,(H,20,23)(H,21,22);1H. The van der Waals surface area contributed by atoms with Crippen molar-refractivity contribution in [3.05, 3.63) is 46.8 Å². The van der Waals surface area contributed by atoms with Crippen molar-refractivity contribution >= 4 is 24.0 Å².